The fourth-order valence-corrected chi connectivity index (χ4v) is 17.1. The van der Waals surface area contributed by atoms with Crippen LogP contribution in [0.3, 0.4) is 0 Å². The zero-order valence-corrected chi connectivity index (χ0v) is 16.7. The first-order valence-corrected chi connectivity index (χ1v) is 16.5. The molecule has 116 valence electrons. The number of hydrogen-bond acceptors (Lipinski definition) is 2. The first-order valence-electron chi connectivity index (χ1n) is 8.43. The van der Waals surface area contributed by atoms with Gasteiger partial charge in [0.1, 0.15) is 0 Å². The Kier molecular flexibility index (Phi) is 12.9. The molecule has 0 bridgehead atoms. The van der Waals surface area contributed by atoms with Gasteiger partial charge in [-0.3, -0.25) is 0 Å². The second-order valence-corrected chi connectivity index (χ2v) is 20.0. The average molecular weight is 378 g/mol. The van der Waals surface area contributed by atoms with Gasteiger partial charge >= 0.3 is 126 Å². The van der Waals surface area contributed by atoms with Crippen LogP contribution >= 0.6 is 0 Å². The maximum atomic E-state index is 6.02. The molecular formula is C16H37NOSn. The minimum absolute atomic E-state index is 0.188. The van der Waals surface area contributed by atoms with E-state index in [-0.39, 0.29) is 6.04 Å². The summed E-state index contributed by atoms with van der Waals surface area (Å²) in [6.45, 7) is 9.75. The van der Waals surface area contributed by atoms with Crippen LogP contribution in [0.4, 0.5) is 0 Å². The van der Waals surface area contributed by atoms with Crippen molar-refractivity contribution in [2.24, 2.45) is 5.73 Å². The van der Waals surface area contributed by atoms with Crippen molar-refractivity contribution in [3.05, 3.63) is 0 Å². The van der Waals surface area contributed by atoms with E-state index in [4.69, 9.17) is 10.5 Å². The molecule has 19 heavy (non-hydrogen) atoms. The normalized spacial score (nSPS) is 13.7. The Bertz CT molecular complexity index is 175. The van der Waals surface area contributed by atoms with Crippen LogP contribution in [0.2, 0.25) is 13.3 Å². The molecule has 0 aromatic heterocycles. The molecule has 2 nitrogen and oxygen atoms in total. The van der Waals surface area contributed by atoms with Crippen molar-refractivity contribution in [2.45, 2.75) is 85.6 Å². The summed E-state index contributed by atoms with van der Waals surface area (Å²) in [5.74, 6) is 0. The predicted octanol–water partition coefficient (Wildman–Crippen LogP) is 4.74. The van der Waals surface area contributed by atoms with Crippen LogP contribution in [0, 0.1) is 0 Å². The van der Waals surface area contributed by atoms with Gasteiger partial charge in [0.25, 0.3) is 0 Å². The molecule has 0 radical (unpaired) electrons. The number of rotatable bonds is 13. The summed E-state index contributed by atoms with van der Waals surface area (Å²) in [6.07, 6.45) is 8.28. The van der Waals surface area contributed by atoms with Gasteiger partial charge in [-0.1, -0.05) is 0 Å². The van der Waals surface area contributed by atoms with Gasteiger partial charge in [0.05, 0.1) is 0 Å². The van der Waals surface area contributed by atoms with Crippen molar-refractivity contribution in [3.63, 3.8) is 0 Å². The maximum absolute atomic E-state index is 6.02. The van der Waals surface area contributed by atoms with E-state index in [1.807, 2.05) is 6.92 Å². The van der Waals surface area contributed by atoms with Crippen molar-refractivity contribution in [1.29, 1.82) is 0 Å². The first-order chi connectivity index (χ1) is 9.10. The van der Waals surface area contributed by atoms with Crippen LogP contribution in [-0.2, 0) is 4.74 Å². The summed E-state index contributed by atoms with van der Waals surface area (Å²) in [7, 11) is 0. The number of hydrogen-bond donors (Lipinski definition) is 1. The second kappa shape index (κ2) is 12.5. The zero-order valence-electron chi connectivity index (χ0n) is 13.8. The van der Waals surface area contributed by atoms with E-state index in [0.717, 1.165) is 11.2 Å². The van der Waals surface area contributed by atoms with Crippen molar-refractivity contribution in [3.8, 4) is 0 Å². The van der Waals surface area contributed by atoms with E-state index >= 15 is 0 Å². The molecule has 0 aliphatic heterocycles. The summed E-state index contributed by atoms with van der Waals surface area (Å²) in [5, 5.41) is 0. The first kappa shape index (κ1) is 19.7. The molecule has 0 heterocycles. The Labute approximate surface area is 125 Å². The second-order valence-electron chi connectivity index (χ2n) is 6.30. The molecule has 0 aromatic rings. The molecule has 0 aliphatic rings. The van der Waals surface area contributed by atoms with Gasteiger partial charge in [-0.15, -0.1) is 0 Å². The van der Waals surface area contributed by atoms with Crippen LogP contribution in [-0.4, -0.2) is 35.6 Å². The monoisotopic (exact) mass is 379 g/mol. The Morgan fingerprint density at radius 2 is 1.32 bits per heavy atom. The molecule has 0 aromatic carbocycles. The van der Waals surface area contributed by atoms with Gasteiger partial charge in [-0.2, -0.15) is 0 Å². The zero-order chi connectivity index (χ0) is 14.6. The Morgan fingerprint density at radius 3 is 1.63 bits per heavy atom. The van der Waals surface area contributed by atoms with Crippen LogP contribution < -0.4 is 5.73 Å². The quantitative estimate of drug-likeness (QED) is 0.470. The Hall–Kier alpha value is 0.719. The van der Waals surface area contributed by atoms with Gasteiger partial charge in [0.15, 0.2) is 0 Å². The molecule has 0 saturated carbocycles. The third-order valence-electron chi connectivity index (χ3n) is 3.97. The van der Waals surface area contributed by atoms with E-state index in [9.17, 15) is 0 Å². The summed E-state index contributed by atoms with van der Waals surface area (Å²) in [5.41, 5.74) is 5.82. The van der Waals surface area contributed by atoms with E-state index < -0.39 is 18.4 Å². The summed E-state index contributed by atoms with van der Waals surface area (Å²) in [6, 6.07) is 0.188. The average Bonchev–Trinajstić information content (AvgIpc) is 2.39. The van der Waals surface area contributed by atoms with Crippen molar-refractivity contribution < 1.29 is 4.74 Å². The third kappa shape index (κ3) is 10.1. The number of unbranched alkanes of at least 4 members (excludes halogenated alkanes) is 3. The van der Waals surface area contributed by atoms with Gasteiger partial charge < -0.3 is 0 Å². The van der Waals surface area contributed by atoms with Gasteiger partial charge in [0, 0.05) is 0 Å². The number of ether oxygens (including phenoxy) is 1. The summed E-state index contributed by atoms with van der Waals surface area (Å²) in [4.78, 5) is 0. The molecule has 0 fully saturated rings. The molecule has 0 unspecified atom stereocenters. The van der Waals surface area contributed by atoms with Crippen LogP contribution in [0.15, 0.2) is 0 Å². The van der Waals surface area contributed by atoms with Gasteiger partial charge in [-0.25, -0.2) is 0 Å². The SMILES string of the molecule is CCC[CH2][Sn]([CH2]CCC)([CH2]CCC)[CH2]OC[C@H](C)N. The minimum atomic E-state index is -2.03. The van der Waals surface area contributed by atoms with Gasteiger partial charge in [0.2, 0.25) is 0 Å². The van der Waals surface area contributed by atoms with Crippen LogP contribution in [0.5, 0.6) is 0 Å². The predicted molar refractivity (Wildman–Crippen MR) is 89.4 cm³/mol. The topological polar surface area (TPSA) is 35.2 Å². The molecule has 0 rings (SSSR count). The molecule has 0 saturated heterocycles. The van der Waals surface area contributed by atoms with Crippen molar-refractivity contribution in [1.82, 2.24) is 0 Å². The molecule has 0 amide bonds. The van der Waals surface area contributed by atoms with Crippen LogP contribution in [0.25, 0.3) is 0 Å². The Morgan fingerprint density at radius 1 is 0.895 bits per heavy atom. The summed E-state index contributed by atoms with van der Waals surface area (Å²) < 4.78 is 11.7. The molecule has 1 atom stereocenters. The molecule has 3 heteroatoms. The van der Waals surface area contributed by atoms with E-state index in [1.54, 1.807) is 0 Å². The van der Waals surface area contributed by atoms with Crippen LogP contribution in [0.1, 0.15) is 66.2 Å². The standard InChI is InChI=1S/C4H10NO.3C4H9.Sn/c1-4(5)3-6-2;3*1-3-4-2;/h4H,2-3,5H2,1H3;3*1,3-4H2,2H3;/t4-;;;;/m0..../s1. The van der Waals surface area contributed by atoms with E-state index in [1.165, 1.54) is 51.8 Å². The molecule has 0 spiro atoms. The molecule has 0 aliphatic carbocycles. The van der Waals surface area contributed by atoms with Crippen molar-refractivity contribution >= 4 is 18.4 Å². The van der Waals surface area contributed by atoms with Gasteiger partial charge in [-0.05, 0) is 0 Å². The molecular weight excluding hydrogens is 341 g/mol. The Balaban J connectivity index is 4.47. The number of nitrogens with two attached hydrogens (primary N) is 1. The van der Waals surface area contributed by atoms with Crippen molar-refractivity contribution in [2.75, 3.05) is 11.2 Å². The molecule has 2 N–H and O–H groups in total. The van der Waals surface area contributed by atoms with E-state index in [0.29, 0.717) is 0 Å². The fraction of sp³-hybridized carbons (Fsp3) is 1.00. The third-order valence-corrected chi connectivity index (χ3v) is 18.4. The fourth-order valence-electron chi connectivity index (χ4n) is 2.71. The van der Waals surface area contributed by atoms with E-state index in [2.05, 4.69) is 20.8 Å². The summed E-state index contributed by atoms with van der Waals surface area (Å²) >= 11 is -2.03.